The predicted molar refractivity (Wildman–Crippen MR) is 46.7 cm³/mol. The van der Waals surface area contributed by atoms with Gasteiger partial charge in [-0.2, -0.15) is 0 Å². The second-order valence-corrected chi connectivity index (χ2v) is 2.25. The molecule has 1 heterocycles. The summed E-state index contributed by atoms with van der Waals surface area (Å²) in [7, 11) is 0. The molecule has 0 amide bonds. The summed E-state index contributed by atoms with van der Waals surface area (Å²) in [5.41, 5.74) is 1.17. The van der Waals surface area contributed by atoms with Gasteiger partial charge in [0.2, 0.25) is 0 Å². The van der Waals surface area contributed by atoms with E-state index < -0.39 is 0 Å². The fourth-order valence-electron chi connectivity index (χ4n) is 1.06. The van der Waals surface area contributed by atoms with E-state index in [0.717, 1.165) is 5.75 Å². The summed E-state index contributed by atoms with van der Waals surface area (Å²) in [6.07, 6.45) is 4.10. The molecule has 4 heteroatoms. The molecule has 0 saturated carbocycles. The number of hydrogen-bond donors (Lipinski definition) is 0. The zero-order chi connectivity index (χ0) is 6.81. The van der Waals surface area contributed by atoms with Gasteiger partial charge in [-0.1, -0.05) is 24.3 Å². The molecule has 0 spiro atoms. The van der Waals surface area contributed by atoms with Gasteiger partial charge in [0.1, 0.15) is 12.4 Å². The third-order valence-corrected chi connectivity index (χ3v) is 1.55. The van der Waals surface area contributed by atoms with E-state index in [4.69, 9.17) is 4.74 Å². The molecular weight excluding hydrogens is 295 g/mol. The minimum Gasteiger partial charge on any atom is -0.489 e. The van der Waals surface area contributed by atoms with Crippen LogP contribution in [0.2, 0.25) is 0 Å². The largest absolute Gasteiger partial charge is 0.489 e. The summed E-state index contributed by atoms with van der Waals surface area (Å²) < 4.78 is 5.34. The zero-order valence-electron chi connectivity index (χ0n) is 7.07. The Morgan fingerprint density at radius 2 is 1.85 bits per heavy atom. The maximum atomic E-state index is 5.34. The van der Waals surface area contributed by atoms with Gasteiger partial charge < -0.3 is 4.74 Å². The van der Waals surface area contributed by atoms with Gasteiger partial charge in [0.05, 0.1) is 0 Å². The first-order chi connectivity index (χ1) is 4.97. The van der Waals surface area contributed by atoms with Gasteiger partial charge in [0, 0.05) is 65.7 Å². The Morgan fingerprint density at radius 1 is 1.15 bits per heavy atom. The molecule has 0 bridgehead atoms. The van der Waals surface area contributed by atoms with Crippen LogP contribution in [0.4, 0.5) is 0 Å². The fourth-order valence-corrected chi connectivity index (χ4v) is 1.06. The summed E-state index contributed by atoms with van der Waals surface area (Å²) in [4.78, 5) is 0. The van der Waals surface area contributed by atoms with Crippen molar-refractivity contribution in [3.63, 3.8) is 0 Å². The third-order valence-electron chi connectivity index (χ3n) is 1.55. The van der Waals surface area contributed by atoms with Gasteiger partial charge in [0.25, 0.3) is 0 Å². The Bertz CT molecular complexity index is 278. The molecule has 0 atom stereocenters. The molecule has 1 nitrogen and oxygen atoms in total. The van der Waals surface area contributed by atoms with Crippen LogP contribution in [-0.2, 0) is 42.8 Å². The topological polar surface area (TPSA) is 9.23 Å². The number of ether oxygens (including phenoxy) is 1. The van der Waals surface area contributed by atoms with Crippen molar-refractivity contribution in [2.75, 3.05) is 6.61 Å². The van der Waals surface area contributed by atoms with Crippen LogP contribution in [-0.4, -0.2) is 24.0 Å². The van der Waals surface area contributed by atoms with Crippen LogP contribution in [0.5, 0.6) is 5.75 Å². The molecule has 0 unspecified atom stereocenters. The van der Waals surface area contributed by atoms with Crippen LogP contribution in [0, 0.1) is 0 Å². The van der Waals surface area contributed by atoms with Gasteiger partial charge in [-0.3, -0.25) is 0 Å². The molecule has 0 N–H and O–H groups in total. The molecule has 13 heavy (non-hydrogen) atoms. The second kappa shape index (κ2) is 8.04. The van der Waals surface area contributed by atoms with Crippen LogP contribution in [0.15, 0.2) is 30.3 Å². The number of benzene rings is 1. The summed E-state index contributed by atoms with van der Waals surface area (Å²) in [5.74, 6) is 0.991. The minimum absolute atomic E-state index is 0. The van der Waals surface area contributed by atoms with Crippen LogP contribution in [0.1, 0.15) is 5.56 Å². The van der Waals surface area contributed by atoms with Gasteiger partial charge in [-0.05, 0) is 12.1 Å². The summed E-state index contributed by atoms with van der Waals surface area (Å²) in [6, 6.07) is 8.03. The molecule has 0 fully saturated rings. The zero-order valence-corrected chi connectivity index (χ0v) is 11.8. The average molecular weight is 303 g/mol. The standard InChI is InChI=1S/C9H8O.Al.Mo.Ti/c1-2-6-9-8(4-1)5-3-7-10-9;;;/h1-6H,7H2;;;. The van der Waals surface area contributed by atoms with Crippen molar-refractivity contribution in [3.05, 3.63) is 35.9 Å². The van der Waals surface area contributed by atoms with E-state index in [9.17, 15) is 0 Å². The van der Waals surface area contributed by atoms with E-state index in [0.29, 0.717) is 6.61 Å². The Kier molecular flexibility index (Phi) is 9.98. The van der Waals surface area contributed by atoms with Crippen LogP contribution >= 0.6 is 0 Å². The van der Waals surface area contributed by atoms with E-state index in [1.165, 1.54) is 5.56 Å². The Balaban J connectivity index is 0. The quantitative estimate of drug-likeness (QED) is 0.663. The number of fused-ring (bicyclic) bond motifs is 1. The number of rotatable bonds is 0. The van der Waals surface area contributed by atoms with Crippen molar-refractivity contribution < 1.29 is 47.5 Å². The molecule has 0 aliphatic carbocycles. The van der Waals surface area contributed by atoms with Crippen molar-refractivity contribution >= 4 is 23.4 Å². The molecule has 0 aromatic heterocycles. The Hall–Kier alpha value is 0.695. The number of hydrogen-bond acceptors (Lipinski definition) is 1. The van der Waals surface area contributed by atoms with Gasteiger partial charge in [-0.25, -0.2) is 0 Å². The fraction of sp³-hybridized carbons (Fsp3) is 0.111. The number of para-hydroxylation sites is 1. The maximum Gasteiger partial charge on any atom is 0.126 e. The molecular formula is C9H8AlMoOTi. The Morgan fingerprint density at radius 3 is 2.54 bits per heavy atom. The van der Waals surface area contributed by atoms with Crippen molar-refractivity contribution in [1.29, 1.82) is 0 Å². The molecule has 3 radical (unpaired) electrons. The molecule has 1 aromatic carbocycles. The SMILES string of the molecule is C1=Cc2ccccc2OC1.[Al].[Mo].[Ti]. The summed E-state index contributed by atoms with van der Waals surface area (Å²) in [5, 5.41) is 0. The van der Waals surface area contributed by atoms with Crippen molar-refractivity contribution in [2.45, 2.75) is 0 Å². The molecule has 2 rings (SSSR count). The first-order valence-corrected chi connectivity index (χ1v) is 3.35. The predicted octanol–water partition coefficient (Wildman–Crippen LogP) is 1.71. The van der Waals surface area contributed by atoms with Gasteiger partial charge in [0.15, 0.2) is 0 Å². The second-order valence-electron chi connectivity index (χ2n) is 2.25. The van der Waals surface area contributed by atoms with E-state index >= 15 is 0 Å². The van der Waals surface area contributed by atoms with Crippen molar-refractivity contribution in [1.82, 2.24) is 0 Å². The smallest absolute Gasteiger partial charge is 0.126 e. The summed E-state index contributed by atoms with van der Waals surface area (Å²) >= 11 is 0. The van der Waals surface area contributed by atoms with Crippen LogP contribution < -0.4 is 4.74 Å². The van der Waals surface area contributed by atoms with E-state index in [2.05, 4.69) is 6.08 Å². The third kappa shape index (κ3) is 4.15. The molecule has 0 saturated heterocycles. The van der Waals surface area contributed by atoms with Crippen molar-refractivity contribution in [3.8, 4) is 5.75 Å². The first kappa shape index (κ1) is 16.1. The summed E-state index contributed by atoms with van der Waals surface area (Å²) in [6.45, 7) is 0.705. The van der Waals surface area contributed by atoms with Crippen molar-refractivity contribution in [2.24, 2.45) is 0 Å². The normalized spacial score (nSPS) is 10.8. The van der Waals surface area contributed by atoms with E-state index in [-0.39, 0.29) is 60.1 Å². The molecule has 1 aliphatic heterocycles. The molecule has 1 aromatic rings. The Labute approximate surface area is 118 Å². The van der Waals surface area contributed by atoms with Crippen LogP contribution in [0.25, 0.3) is 6.08 Å². The first-order valence-electron chi connectivity index (χ1n) is 3.35. The van der Waals surface area contributed by atoms with E-state index in [1.54, 1.807) is 0 Å². The van der Waals surface area contributed by atoms with E-state index in [1.807, 2.05) is 30.3 Å². The average Bonchev–Trinajstić information content (AvgIpc) is 2.05. The monoisotopic (exact) mass is 305 g/mol. The van der Waals surface area contributed by atoms with Gasteiger partial charge >= 0.3 is 0 Å². The van der Waals surface area contributed by atoms with Crippen LogP contribution in [0.3, 0.4) is 0 Å². The van der Waals surface area contributed by atoms with Gasteiger partial charge in [-0.15, -0.1) is 0 Å². The molecule has 1 aliphatic rings. The molecule has 63 valence electrons. The minimum atomic E-state index is 0. The maximum absolute atomic E-state index is 5.34.